The third-order valence-electron chi connectivity index (χ3n) is 3.43. The Morgan fingerprint density at radius 3 is 2.79 bits per heavy atom. The Balaban J connectivity index is 2.11. The molecule has 1 aliphatic carbocycles. The second-order valence-electron chi connectivity index (χ2n) is 4.80. The van der Waals surface area contributed by atoms with E-state index in [1.807, 2.05) is 0 Å². The summed E-state index contributed by atoms with van der Waals surface area (Å²) in [4.78, 5) is 0.230. The number of fused-ring (bicyclic) bond motifs is 1. The van der Waals surface area contributed by atoms with Crippen LogP contribution in [-0.2, 0) is 22.7 Å². The van der Waals surface area contributed by atoms with Gasteiger partial charge in [-0.25, -0.2) is 8.42 Å². The fourth-order valence-electron chi connectivity index (χ4n) is 2.46. The molecule has 6 heteroatoms. The van der Waals surface area contributed by atoms with E-state index in [-0.39, 0.29) is 4.90 Å². The summed E-state index contributed by atoms with van der Waals surface area (Å²) in [6.07, 6.45) is 4.30. The van der Waals surface area contributed by atoms with Crippen molar-refractivity contribution < 1.29 is 8.42 Å². The van der Waals surface area contributed by atoms with Gasteiger partial charge >= 0.3 is 0 Å². The summed E-state index contributed by atoms with van der Waals surface area (Å²) in [5.74, 6) is 0. The van der Waals surface area contributed by atoms with Gasteiger partial charge in [0.15, 0.2) is 9.84 Å². The third kappa shape index (κ3) is 2.17. The quantitative estimate of drug-likeness (QED) is 0.926. The number of nitrogens with zero attached hydrogens (tertiary/aromatic N) is 1. The minimum absolute atomic E-state index is 0.230. The Bertz CT molecular complexity index is 750. The van der Waals surface area contributed by atoms with Gasteiger partial charge in [0.1, 0.15) is 0 Å². The van der Waals surface area contributed by atoms with Gasteiger partial charge in [0.05, 0.1) is 15.6 Å². The Morgan fingerprint density at radius 2 is 2.11 bits per heavy atom. The maximum Gasteiger partial charge on any atom is 0.175 e. The SMILES string of the molecule is CS(=O)(=O)c1ccc(-c2n[nH]c3c2CCC3)c(Cl)c1. The summed E-state index contributed by atoms with van der Waals surface area (Å²) in [5, 5.41) is 7.75. The van der Waals surface area contributed by atoms with Gasteiger partial charge in [-0.05, 0) is 37.5 Å². The number of aromatic nitrogens is 2. The number of rotatable bonds is 2. The van der Waals surface area contributed by atoms with Gasteiger partial charge in [-0.15, -0.1) is 0 Å². The van der Waals surface area contributed by atoms with E-state index in [0.29, 0.717) is 5.02 Å². The van der Waals surface area contributed by atoms with E-state index in [2.05, 4.69) is 10.2 Å². The molecule has 1 aliphatic rings. The monoisotopic (exact) mass is 296 g/mol. The highest BCUT2D eigenvalue weighted by atomic mass is 35.5. The van der Waals surface area contributed by atoms with Crippen molar-refractivity contribution in [3.63, 3.8) is 0 Å². The maximum atomic E-state index is 11.5. The third-order valence-corrected chi connectivity index (χ3v) is 4.85. The van der Waals surface area contributed by atoms with Gasteiger partial charge in [-0.3, -0.25) is 5.10 Å². The molecular formula is C13H13ClN2O2S. The molecule has 19 heavy (non-hydrogen) atoms. The normalized spacial score (nSPS) is 14.6. The van der Waals surface area contributed by atoms with E-state index >= 15 is 0 Å². The molecule has 2 aromatic rings. The fraction of sp³-hybridized carbons (Fsp3) is 0.308. The predicted molar refractivity (Wildman–Crippen MR) is 74.2 cm³/mol. The molecule has 1 heterocycles. The number of hydrogen-bond donors (Lipinski definition) is 1. The van der Waals surface area contributed by atoms with Crippen LogP contribution in [0.4, 0.5) is 0 Å². The molecule has 0 bridgehead atoms. The lowest BCUT2D eigenvalue weighted by atomic mass is 10.1. The highest BCUT2D eigenvalue weighted by Crippen LogP contribution is 2.35. The van der Waals surface area contributed by atoms with Crippen LogP contribution in [0.15, 0.2) is 23.1 Å². The van der Waals surface area contributed by atoms with Crippen molar-refractivity contribution in [3.05, 3.63) is 34.5 Å². The molecule has 0 aliphatic heterocycles. The second-order valence-corrected chi connectivity index (χ2v) is 7.22. The summed E-state index contributed by atoms with van der Waals surface area (Å²) in [7, 11) is -3.24. The van der Waals surface area contributed by atoms with Crippen molar-refractivity contribution in [3.8, 4) is 11.3 Å². The molecule has 0 atom stereocenters. The first-order valence-electron chi connectivity index (χ1n) is 6.03. The minimum Gasteiger partial charge on any atom is -0.282 e. The van der Waals surface area contributed by atoms with E-state index in [4.69, 9.17) is 11.6 Å². The van der Waals surface area contributed by atoms with Gasteiger partial charge in [0, 0.05) is 23.1 Å². The summed E-state index contributed by atoms with van der Waals surface area (Å²) in [5.41, 5.74) is 4.00. The van der Waals surface area contributed by atoms with Crippen LogP contribution in [0.25, 0.3) is 11.3 Å². The average Bonchev–Trinajstić information content (AvgIpc) is 2.90. The largest absolute Gasteiger partial charge is 0.282 e. The highest BCUT2D eigenvalue weighted by Gasteiger charge is 2.21. The number of nitrogens with one attached hydrogen (secondary N) is 1. The molecule has 1 N–H and O–H groups in total. The smallest absolute Gasteiger partial charge is 0.175 e. The molecule has 3 rings (SSSR count). The fourth-order valence-corrected chi connectivity index (χ4v) is 3.44. The molecule has 0 saturated carbocycles. The molecule has 0 radical (unpaired) electrons. The number of sulfone groups is 1. The van der Waals surface area contributed by atoms with E-state index in [9.17, 15) is 8.42 Å². The van der Waals surface area contributed by atoms with Gasteiger partial charge in [0.25, 0.3) is 0 Å². The number of hydrogen-bond acceptors (Lipinski definition) is 3. The van der Waals surface area contributed by atoms with Crippen molar-refractivity contribution in [1.82, 2.24) is 10.2 Å². The van der Waals surface area contributed by atoms with E-state index in [1.165, 1.54) is 23.6 Å². The first kappa shape index (κ1) is 12.7. The number of halogens is 1. The maximum absolute atomic E-state index is 11.5. The van der Waals surface area contributed by atoms with Crippen LogP contribution in [-0.4, -0.2) is 24.9 Å². The minimum atomic E-state index is -3.24. The Kier molecular flexibility index (Phi) is 2.91. The van der Waals surface area contributed by atoms with Crippen LogP contribution >= 0.6 is 11.6 Å². The second kappa shape index (κ2) is 4.35. The van der Waals surface area contributed by atoms with Crippen LogP contribution in [0.1, 0.15) is 17.7 Å². The van der Waals surface area contributed by atoms with Gasteiger partial charge < -0.3 is 0 Å². The van der Waals surface area contributed by atoms with Crippen LogP contribution in [0.5, 0.6) is 0 Å². The lowest BCUT2D eigenvalue weighted by molar-refractivity contribution is 0.602. The summed E-state index contributed by atoms with van der Waals surface area (Å²) in [6.45, 7) is 0. The average molecular weight is 297 g/mol. The molecule has 1 aromatic carbocycles. The standard InChI is InChI=1S/C13H13ClN2O2S/c1-19(17,18)8-5-6-9(11(14)7-8)13-10-3-2-4-12(10)15-16-13/h5-7H,2-4H2,1H3,(H,15,16). The molecule has 100 valence electrons. The molecule has 1 aromatic heterocycles. The number of aromatic amines is 1. The zero-order chi connectivity index (χ0) is 13.6. The number of H-pyrrole nitrogens is 1. The van der Waals surface area contributed by atoms with E-state index in [1.54, 1.807) is 12.1 Å². The molecule has 4 nitrogen and oxygen atoms in total. The van der Waals surface area contributed by atoms with Crippen LogP contribution in [0, 0.1) is 0 Å². The van der Waals surface area contributed by atoms with Crippen LogP contribution in [0.3, 0.4) is 0 Å². The first-order valence-corrected chi connectivity index (χ1v) is 8.30. The lowest BCUT2D eigenvalue weighted by Crippen LogP contribution is -1.97. The van der Waals surface area contributed by atoms with Crippen molar-refractivity contribution >= 4 is 21.4 Å². The van der Waals surface area contributed by atoms with Gasteiger partial charge in [-0.2, -0.15) is 5.10 Å². The molecular weight excluding hydrogens is 284 g/mol. The van der Waals surface area contributed by atoms with Crippen molar-refractivity contribution in [2.24, 2.45) is 0 Å². The number of benzene rings is 1. The van der Waals surface area contributed by atoms with Crippen molar-refractivity contribution in [2.75, 3.05) is 6.26 Å². The molecule has 0 fully saturated rings. The first-order chi connectivity index (χ1) is 8.97. The zero-order valence-electron chi connectivity index (χ0n) is 10.4. The van der Waals surface area contributed by atoms with Gasteiger partial charge in [-0.1, -0.05) is 11.6 Å². The Labute approximate surface area is 116 Å². The molecule has 0 amide bonds. The number of aryl methyl sites for hydroxylation is 1. The topological polar surface area (TPSA) is 62.8 Å². The predicted octanol–water partition coefficient (Wildman–Crippen LogP) is 2.62. The molecule has 0 spiro atoms. The molecule has 0 saturated heterocycles. The van der Waals surface area contributed by atoms with Crippen molar-refractivity contribution in [1.29, 1.82) is 0 Å². The zero-order valence-corrected chi connectivity index (χ0v) is 12.0. The highest BCUT2D eigenvalue weighted by molar-refractivity contribution is 7.90. The summed E-state index contributed by atoms with van der Waals surface area (Å²) in [6, 6.07) is 4.79. The summed E-state index contributed by atoms with van der Waals surface area (Å²) < 4.78 is 23.0. The molecule has 0 unspecified atom stereocenters. The van der Waals surface area contributed by atoms with Gasteiger partial charge in [0.2, 0.25) is 0 Å². The van der Waals surface area contributed by atoms with Crippen molar-refractivity contribution in [2.45, 2.75) is 24.2 Å². The van der Waals surface area contributed by atoms with E-state index in [0.717, 1.165) is 30.5 Å². The van der Waals surface area contributed by atoms with E-state index < -0.39 is 9.84 Å². The Hall–Kier alpha value is -1.33. The summed E-state index contributed by atoms with van der Waals surface area (Å²) >= 11 is 6.21. The van der Waals surface area contributed by atoms with Crippen LogP contribution in [0.2, 0.25) is 5.02 Å². The lowest BCUT2D eigenvalue weighted by Gasteiger charge is -2.05. The Morgan fingerprint density at radius 1 is 1.32 bits per heavy atom. The van der Waals surface area contributed by atoms with Crippen LogP contribution < -0.4 is 0 Å².